The molecule has 0 unspecified atom stereocenters. The van der Waals surface area contributed by atoms with Crippen LogP contribution in [0.1, 0.15) is 18.1 Å². The number of benzene rings is 2. The summed E-state index contributed by atoms with van der Waals surface area (Å²) in [7, 11) is 0. The number of carbonyl (C=O) groups is 3. The van der Waals surface area contributed by atoms with E-state index >= 15 is 0 Å². The topological polar surface area (TPSA) is 78.5 Å². The molecular formula is C21H18ClN3O3. The Labute approximate surface area is 166 Å². The van der Waals surface area contributed by atoms with Gasteiger partial charge in [-0.1, -0.05) is 48.0 Å². The number of amides is 3. The summed E-state index contributed by atoms with van der Waals surface area (Å²) in [5.74, 6) is -2.25. The van der Waals surface area contributed by atoms with Gasteiger partial charge >= 0.3 is 0 Å². The smallest absolute Gasteiger partial charge is 0.250 e. The minimum atomic E-state index is -1.22. The zero-order valence-electron chi connectivity index (χ0n) is 15.1. The molecule has 2 saturated heterocycles. The average Bonchev–Trinajstić information content (AvgIpc) is 3.23. The van der Waals surface area contributed by atoms with E-state index in [4.69, 9.17) is 11.6 Å². The molecule has 2 aromatic carbocycles. The molecule has 7 heteroatoms. The second kappa shape index (κ2) is 5.90. The first kappa shape index (κ1) is 17.4. The van der Waals surface area contributed by atoms with Gasteiger partial charge in [0.2, 0.25) is 17.7 Å². The molecule has 0 saturated carbocycles. The van der Waals surface area contributed by atoms with Gasteiger partial charge in [0.15, 0.2) is 0 Å². The van der Waals surface area contributed by atoms with Crippen molar-refractivity contribution in [1.29, 1.82) is 0 Å². The van der Waals surface area contributed by atoms with Gasteiger partial charge < -0.3 is 5.32 Å². The van der Waals surface area contributed by atoms with Gasteiger partial charge in [-0.25, -0.2) is 0 Å². The Balaban J connectivity index is 1.58. The fraction of sp³-hybridized carbons (Fsp3) is 0.286. The molecule has 3 aliphatic heterocycles. The van der Waals surface area contributed by atoms with Gasteiger partial charge in [0, 0.05) is 22.3 Å². The van der Waals surface area contributed by atoms with Crippen molar-refractivity contribution >= 4 is 35.0 Å². The van der Waals surface area contributed by atoms with Crippen LogP contribution in [0.4, 0.5) is 5.69 Å². The van der Waals surface area contributed by atoms with Gasteiger partial charge in [-0.15, -0.1) is 0 Å². The highest BCUT2D eigenvalue weighted by atomic mass is 35.5. The summed E-state index contributed by atoms with van der Waals surface area (Å²) in [5, 5.41) is 6.66. The van der Waals surface area contributed by atoms with Crippen LogP contribution in [0.25, 0.3) is 0 Å². The van der Waals surface area contributed by atoms with E-state index in [1.807, 2.05) is 37.3 Å². The van der Waals surface area contributed by atoms with E-state index in [1.165, 1.54) is 4.90 Å². The van der Waals surface area contributed by atoms with Crippen LogP contribution >= 0.6 is 11.6 Å². The van der Waals surface area contributed by atoms with Crippen molar-refractivity contribution in [3.63, 3.8) is 0 Å². The number of anilines is 1. The van der Waals surface area contributed by atoms with E-state index in [0.717, 1.165) is 5.56 Å². The molecule has 142 valence electrons. The van der Waals surface area contributed by atoms with Crippen molar-refractivity contribution in [2.75, 3.05) is 5.32 Å². The first-order valence-corrected chi connectivity index (χ1v) is 9.60. The van der Waals surface area contributed by atoms with E-state index in [1.54, 1.807) is 18.2 Å². The number of likely N-dealkylation sites (tertiary alicyclic amines) is 1. The highest BCUT2D eigenvalue weighted by molar-refractivity contribution is 6.31. The number of halogens is 1. The minimum absolute atomic E-state index is 0.108. The molecule has 0 aromatic heterocycles. The van der Waals surface area contributed by atoms with Gasteiger partial charge in [0.1, 0.15) is 5.54 Å². The SMILES string of the molecule is C[C@H]1N[C@]2(C(=O)Nc3ccccc32)[C@@H]2C(=O)N(Cc3ccccc3Cl)C(=O)[C@H]21. The van der Waals surface area contributed by atoms with Crippen LogP contribution in [0, 0.1) is 11.8 Å². The molecule has 0 aliphatic carbocycles. The first-order chi connectivity index (χ1) is 13.4. The predicted octanol–water partition coefficient (Wildman–Crippen LogP) is 2.28. The number of hydrogen-bond acceptors (Lipinski definition) is 4. The van der Waals surface area contributed by atoms with Crippen molar-refractivity contribution in [3.8, 4) is 0 Å². The molecule has 2 aromatic rings. The molecule has 28 heavy (non-hydrogen) atoms. The van der Waals surface area contributed by atoms with E-state index in [0.29, 0.717) is 16.3 Å². The maximum atomic E-state index is 13.4. The summed E-state index contributed by atoms with van der Waals surface area (Å²) >= 11 is 6.23. The molecule has 0 bridgehead atoms. The second-order valence-electron chi connectivity index (χ2n) is 7.60. The Morgan fingerprint density at radius 2 is 1.75 bits per heavy atom. The van der Waals surface area contributed by atoms with Crippen molar-refractivity contribution < 1.29 is 14.4 Å². The van der Waals surface area contributed by atoms with Crippen molar-refractivity contribution in [2.24, 2.45) is 11.8 Å². The molecule has 6 nitrogen and oxygen atoms in total. The molecule has 2 fully saturated rings. The highest BCUT2D eigenvalue weighted by Gasteiger charge is 2.69. The normalized spacial score (nSPS) is 30.7. The molecule has 5 rings (SSSR count). The number of hydrogen-bond donors (Lipinski definition) is 2. The molecule has 0 radical (unpaired) electrons. The van der Waals surface area contributed by atoms with Crippen molar-refractivity contribution in [2.45, 2.75) is 25.0 Å². The fourth-order valence-electron chi connectivity index (χ4n) is 4.93. The van der Waals surface area contributed by atoms with Crippen LogP contribution < -0.4 is 10.6 Å². The summed E-state index contributed by atoms with van der Waals surface area (Å²) < 4.78 is 0. The molecule has 2 N–H and O–H groups in total. The molecule has 3 aliphatic rings. The predicted molar refractivity (Wildman–Crippen MR) is 103 cm³/mol. The zero-order chi connectivity index (χ0) is 19.6. The number of para-hydroxylation sites is 1. The molecule has 1 spiro atoms. The molecule has 3 heterocycles. The average molecular weight is 396 g/mol. The van der Waals surface area contributed by atoms with Crippen LogP contribution in [-0.4, -0.2) is 28.7 Å². The van der Waals surface area contributed by atoms with Gasteiger partial charge in [-0.2, -0.15) is 0 Å². The van der Waals surface area contributed by atoms with E-state index in [-0.39, 0.29) is 30.3 Å². The second-order valence-corrected chi connectivity index (χ2v) is 8.01. The van der Waals surface area contributed by atoms with Gasteiger partial charge in [0.05, 0.1) is 18.4 Å². The number of imide groups is 1. The molecular weight excluding hydrogens is 378 g/mol. The highest BCUT2D eigenvalue weighted by Crippen LogP contribution is 2.52. The Bertz CT molecular complexity index is 1040. The summed E-state index contributed by atoms with van der Waals surface area (Å²) in [6.45, 7) is 1.96. The Kier molecular flexibility index (Phi) is 3.66. The number of carbonyl (C=O) groups excluding carboxylic acids is 3. The van der Waals surface area contributed by atoms with Gasteiger partial charge in [-0.05, 0) is 24.6 Å². The lowest BCUT2D eigenvalue weighted by Gasteiger charge is -2.29. The lowest BCUT2D eigenvalue weighted by molar-refractivity contribution is -0.143. The minimum Gasteiger partial charge on any atom is -0.324 e. The Morgan fingerprint density at radius 1 is 1.04 bits per heavy atom. The van der Waals surface area contributed by atoms with Crippen LogP contribution in [0.15, 0.2) is 48.5 Å². The summed E-state index contributed by atoms with van der Waals surface area (Å²) in [5.41, 5.74) is 0.886. The van der Waals surface area contributed by atoms with Crippen molar-refractivity contribution in [1.82, 2.24) is 10.2 Å². The third kappa shape index (κ3) is 2.10. The summed E-state index contributed by atoms with van der Waals surface area (Å²) in [6, 6.07) is 14.2. The maximum absolute atomic E-state index is 13.4. The lowest BCUT2D eigenvalue weighted by atomic mass is 9.76. The number of nitrogens with zero attached hydrogens (tertiary/aromatic N) is 1. The summed E-state index contributed by atoms with van der Waals surface area (Å²) in [6.07, 6.45) is 0. The molecule has 3 amide bonds. The maximum Gasteiger partial charge on any atom is 0.250 e. The fourth-order valence-corrected chi connectivity index (χ4v) is 5.13. The van der Waals surface area contributed by atoms with E-state index in [2.05, 4.69) is 10.6 Å². The van der Waals surface area contributed by atoms with Crippen LogP contribution in [-0.2, 0) is 26.5 Å². The van der Waals surface area contributed by atoms with Crippen molar-refractivity contribution in [3.05, 3.63) is 64.7 Å². The van der Waals surface area contributed by atoms with E-state index in [9.17, 15) is 14.4 Å². The number of rotatable bonds is 2. The standard InChI is InChI=1S/C21H18ClN3O3/c1-11-16-17(21(24-11)13-7-3-5-9-15(13)23-20(21)28)19(27)25(18(16)26)10-12-6-2-4-8-14(12)22/h2-9,11,16-17,24H,10H2,1H3,(H,23,28)/t11-,16+,17+,21+/m1/s1. The lowest BCUT2D eigenvalue weighted by Crippen LogP contribution is -2.52. The quantitative estimate of drug-likeness (QED) is 0.765. The van der Waals surface area contributed by atoms with Crippen LogP contribution in [0.5, 0.6) is 0 Å². The monoisotopic (exact) mass is 395 g/mol. The Hall–Kier alpha value is -2.70. The number of fused-ring (bicyclic) bond motifs is 4. The zero-order valence-corrected chi connectivity index (χ0v) is 15.9. The third-order valence-corrected chi connectivity index (χ3v) is 6.52. The van der Waals surface area contributed by atoms with Crippen LogP contribution in [0.3, 0.4) is 0 Å². The van der Waals surface area contributed by atoms with Gasteiger partial charge in [0.25, 0.3) is 0 Å². The van der Waals surface area contributed by atoms with Crippen LogP contribution in [0.2, 0.25) is 5.02 Å². The van der Waals surface area contributed by atoms with Gasteiger partial charge in [-0.3, -0.25) is 24.6 Å². The summed E-state index contributed by atoms with van der Waals surface area (Å²) in [4.78, 5) is 40.9. The molecule has 4 atom stereocenters. The third-order valence-electron chi connectivity index (χ3n) is 6.15. The first-order valence-electron chi connectivity index (χ1n) is 9.22. The van der Waals surface area contributed by atoms with E-state index < -0.39 is 17.4 Å². The largest absolute Gasteiger partial charge is 0.324 e. The Morgan fingerprint density at radius 3 is 2.54 bits per heavy atom. The number of nitrogens with one attached hydrogen (secondary N) is 2.